The summed E-state index contributed by atoms with van der Waals surface area (Å²) in [6.45, 7) is 0.645. The maximum Gasteiger partial charge on any atom is 0.338 e. The maximum absolute atomic E-state index is 13.5. The van der Waals surface area contributed by atoms with Gasteiger partial charge in [0.2, 0.25) is 0 Å². The molecule has 3 saturated carbocycles. The number of fused-ring (bicyclic) bond motifs is 1. The number of hydrogen-bond donors (Lipinski definition) is 4. The van der Waals surface area contributed by atoms with Crippen LogP contribution in [0.1, 0.15) is 40.5 Å². The Bertz CT molecular complexity index is 1350. The lowest BCUT2D eigenvalue weighted by Gasteiger charge is -2.66. The van der Waals surface area contributed by atoms with Gasteiger partial charge < -0.3 is 44.1 Å². The van der Waals surface area contributed by atoms with Crippen molar-refractivity contribution in [2.45, 2.75) is 67.8 Å². The summed E-state index contributed by atoms with van der Waals surface area (Å²) in [6.07, 6.45) is -8.87. The third kappa shape index (κ3) is 4.16. The van der Waals surface area contributed by atoms with Gasteiger partial charge in [-0.05, 0) is 37.6 Å². The van der Waals surface area contributed by atoms with Gasteiger partial charge >= 0.3 is 17.9 Å². The van der Waals surface area contributed by atoms with Gasteiger partial charge in [0.25, 0.3) is 0 Å². The molecule has 5 aliphatic rings. The van der Waals surface area contributed by atoms with Crippen molar-refractivity contribution in [1.82, 2.24) is 0 Å². The summed E-state index contributed by atoms with van der Waals surface area (Å²) in [4.78, 5) is 38.7. The lowest BCUT2D eigenvalue weighted by molar-refractivity contribution is -0.394. The minimum Gasteiger partial charge on any atom is -0.461 e. The van der Waals surface area contributed by atoms with Crippen LogP contribution >= 0.6 is 0 Å². The largest absolute Gasteiger partial charge is 0.461 e. The number of esters is 3. The smallest absolute Gasteiger partial charge is 0.338 e. The fourth-order valence-corrected chi connectivity index (χ4v) is 6.99. The quantitative estimate of drug-likeness (QED) is 0.248. The molecule has 5 fully saturated rings. The second-order valence-corrected chi connectivity index (χ2v) is 11.5. The first-order chi connectivity index (χ1) is 20.0. The molecule has 10 atom stereocenters. The summed E-state index contributed by atoms with van der Waals surface area (Å²) < 4.78 is 28.8. The molecule has 2 heterocycles. The molecule has 0 amide bonds. The molecule has 12 nitrogen and oxygen atoms in total. The van der Waals surface area contributed by atoms with Gasteiger partial charge in [-0.2, -0.15) is 0 Å². The zero-order valence-corrected chi connectivity index (χ0v) is 22.7. The Hall–Kier alpha value is -3.39. The average molecular weight is 585 g/mol. The number of aliphatic hydroxyl groups is 4. The van der Waals surface area contributed by atoms with Crippen LogP contribution in [0.25, 0.3) is 0 Å². The first-order valence-corrected chi connectivity index (χ1v) is 13.8. The van der Waals surface area contributed by atoms with Crippen LogP contribution in [0.2, 0.25) is 0 Å². The lowest BCUT2D eigenvalue weighted by atomic mass is 9.40. The van der Waals surface area contributed by atoms with Crippen molar-refractivity contribution in [3.8, 4) is 0 Å². The molecule has 2 aromatic carbocycles. The van der Waals surface area contributed by atoms with Gasteiger partial charge in [-0.3, -0.25) is 4.79 Å². The molecule has 0 aromatic heterocycles. The van der Waals surface area contributed by atoms with Crippen LogP contribution in [0.3, 0.4) is 0 Å². The molecular weight excluding hydrogens is 552 g/mol. The second kappa shape index (κ2) is 10.4. The number of hydrogen-bond acceptors (Lipinski definition) is 12. The first kappa shape index (κ1) is 28.7. The van der Waals surface area contributed by atoms with Crippen LogP contribution in [0.4, 0.5) is 0 Å². The van der Waals surface area contributed by atoms with E-state index in [2.05, 4.69) is 0 Å². The Kier molecular flexibility index (Phi) is 7.11. The van der Waals surface area contributed by atoms with Crippen molar-refractivity contribution in [2.24, 2.45) is 11.3 Å². The topological polar surface area (TPSA) is 178 Å². The summed E-state index contributed by atoms with van der Waals surface area (Å²) in [7, 11) is 0. The Balaban J connectivity index is 1.24. The molecule has 12 heteroatoms. The van der Waals surface area contributed by atoms with E-state index in [1.807, 2.05) is 0 Å². The molecule has 0 radical (unpaired) electrons. The summed E-state index contributed by atoms with van der Waals surface area (Å²) >= 11 is 0. The Morgan fingerprint density at radius 1 is 0.857 bits per heavy atom. The molecule has 7 rings (SSSR count). The molecule has 224 valence electrons. The van der Waals surface area contributed by atoms with Crippen LogP contribution in [0.5, 0.6) is 0 Å². The highest BCUT2D eigenvalue weighted by molar-refractivity contribution is 5.91. The highest BCUT2D eigenvalue weighted by Gasteiger charge is 2.88. The summed E-state index contributed by atoms with van der Waals surface area (Å²) in [6, 6.07) is 16.3. The number of ether oxygens (including phenoxy) is 5. The standard InChI is InChI=1S/C30H32O12/c1-28-13-19(31)18-12-30(28,29(18,27(37)42-28)15-39-25(36)17-10-6-3-7-11-17)41-26-23(34)22(33)21(32)20(40-26)14-38-24(35)16-8-4-2-5-9-16/h2-11,18-23,26,31-34H,12-15H2,1H3. The molecule has 2 saturated heterocycles. The molecule has 2 aromatic rings. The summed E-state index contributed by atoms with van der Waals surface area (Å²) in [5.74, 6) is -2.77. The van der Waals surface area contributed by atoms with E-state index in [1.54, 1.807) is 67.6 Å². The molecule has 4 bridgehead atoms. The van der Waals surface area contributed by atoms with E-state index in [-0.39, 0.29) is 24.0 Å². The Morgan fingerprint density at radius 3 is 2.07 bits per heavy atom. The molecule has 3 aliphatic carbocycles. The predicted molar refractivity (Wildman–Crippen MR) is 140 cm³/mol. The summed E-state index contributed by atoms with van der Waals surface area (Å²) in [5, 5.41) is 43.0. The number of rotatable bonds is 8. The van der Waals surface area contributed by atoms with Crippen LogP contribution in [0, 0.1) is 11.3 Å². The maximum atomic E-state index is 13.5. The van der Waals surface area contributed by atoms with Crippen molar-refractivity contribution < 1.29 is 58.5 Å². The fraction of sp³-hybridized carbons (Fsp3) is 0.500. The van der Waals surface area contributed by atoms with Crippen LogP contribution < -0.4 is 0 Å². The van der Waals surface area contributed by atoms with Gasteiger partial charge in [0.05, 0.1) is 17.2 Å². The van der Waals surface area contributed by atoms with Gasteiger partial charge in [-0.25, -0.2) is 9.59 Å². The van der Waals surface area contributed by atoms with E-state index in [9.17, 15) is 34.8 Å². The minimum atomic E-state index is -1.76. The van der Waals surface area contributed by atoms with E-state index in [0.29, 0.717) is 0 Å². The van der Waals surface area contributed by atoms with Gasteiger partial charge in [-0.1, -0.05) is 36.4 Å². The molecule has 42 heavy (non-hydrogen) atoms. The van der Waals surface area contributed by atoms with Crippen LogP contribution in [-0.4, -0.2) is 99.6 Å². The zero-order chi connectivity index (χ0) is 29.9. The van der Waals surface area contributed by atoms with Crippen LogP contribution in [0.15, 0.2) is 60.7 Å². The Morgan fingerprint density at radius 2 is 1.45 bits per heavy atom. The normalized spacial score (nSPS) is 40.0. The van der Waals surface area contributed by atoms with Crippen LogP contribution in [-0.2, 0) is 28.5 Å². The zero-order valence-electron chi connectivity index (χ0n) is 22.7. The highest BCUT2D eigenvalue weighted by atomic mass is 16.7. The van der Waals surface area contributed by atoms with Crippen molar-refractivity contribution in [3.05, 3.63) is 71.8 Å². The molecule has 10 unspecified atom stereocenters. The fourth-order valence-electron chi connectivity index (χ4n) is 6.99. The number of carbonyl (C=O) groups excluding carboxylic acids is 3. The second-order valence-electron chi connectivity index (χ2n) is 11.5. The van der Waals surface area contributed by atoms with E-state index in [4.69, 9.17) is 23.7 Å². The van der Waals surface area contributed by atoms with Crippen molar-refractivity contribution in [3.63, 3.8) is 0 Å². The molecule has 2 aliphatic heterocycles. The van der Waals surface area contributed by atoms with Crippen molar-refractivity contribution in [2.75, 3.05) is 13.2 Å². The summed E-state index contributed by atoms with van der Waals surface area (Å²) in [5.41, 5.74) is -4.00. The molecule has 0 spiro atoms. The van der Waals surface area contributed by atoms with E-state index >= 15 is 0 Å². The highest BCUT2D eigenvalue weighted by Crippen LogP contribution is 2.73. The number of benzene rings is 2. The van der Waals surface area contributed by atoms with Gasteiger partial charge in [-0.15, -0.1) is 0 Å². The van der Waals surface area contributed by atoms with E-state index in [1.165, 1.54) is 0 Å². The number of aliphatic hydroxyl groups excluding tert-OH is 4. The number of carbonyl (C=O) groups is 3. The van der Waals surface area contributed by atoms with E-state index < -0.39 is 90.5 Å². The van der Waals surface area contributed by atoms with Gasteiger partial charge in [0, 0.05) is 12.3 Å². The lowest BCUT2D eigenvalue weighted by Crippen LogP contribution is -2.80. The van der Waals surface area contributed by atoms with Crippen molar-refractivity contribution >= 4 is 17.9 Å². The SMILES string of the molecule is CC12CC(O)C3CC1(OC1OC(COC(=O)c4ccccc4)C(O)C(O)C1O)C3(COC(=O)c1ccccc1)C(=O)O2. The molecule has 4 N–H and O–H groups in total. The first-order valence-electron chi connectivity index (χ1n) is 13.8. The minimum absolute atomic E-state index is 0.0178. The van der Waals surface area contributed by atoms with Crippen molar-refractivity contribution in [1.29, 1.82) is 0 Å². The third-order valence-electron chi connectivity index (χ3n) is 9.28. The molecular formula is C30H32O12. The predicted octanol–water partition coefficient (Wildman–Crippen LogP) is 0.350. The average Bonchev–Trinajstić information content (AvgIpc) is 3.05. The van der Waals surface area contributed by atoms with Gasteiger partial charge in [0.1, 0.15) is 54.2 Å². The third-order valence-corrected chi connectivity index (χ3v) is 9.28. The Labute approximate surface area is 240 Å². The van der Waals surface area contributed by atoms with E-state index in [0.717, 1.165) is 0 Å². The van der Waals surface area contributed by atoms with Gasteiger partial charge in [0.15, 0.2) is 6.29 Å². The monoisotopic (exact) mass is 584 g/mol.